The fourth-order valence-electron chi connectivity index (χ4n) is 5.96. The molecule has 10 heteroatoms. The average molecular weight is 638 g/mol. The Kier molecular flexibility index (Phi) is 7.81. The van der Waals surface area contributed by atoms with E-state index in [9.17, 15) is 9.35 Å². The van der Waals surface area contributed by atoms with Crippen LogP contribution in [0.3, 0.4) is 0 Å². The minimum absolute atomic E-state index is 0.141. The molecular weight excluding hydrogens is 607 g/mol. The first-order valence-corrected chi connectivity index (χ1v) is 15.4. The van der Waals surface area contributed by atoms with Crippen LogP contribution < -0.4 is 15.6 Å². The van der Waals surface area contributed by atoms with Crippen LogP contribution >= 0.6 is 39.1 Å². The van der Waals surface area contributed by atoms with E-state index in [4.69, 9.17) is 28.2 Å². The van der Waals surface area contributed by atoms with Crippen LogP contribution in [-0.2, 0) is 11.4 Å². The van der Waals surface area contributed by atoms with Gasteiger partial charge in [0.1, 0.15) is 10.6 Å². The molecule has 3 atom stereocenters. The summed E-state index contributed by atoms with van der Waals surface area (Å²) in [7, 11) is 0. The number of nitrogens with zero attached hydrogens (tertiary/aromatic N) is 2. The Hall–Kier alpha value is -1.39. The predicted molar refractivity (Wildman–Crippen MR) is 159 cm³/mol. The standard InChI is InChI=1S/C28H31BrCl2N4O2S/c1-16-33-21(15-23(36)35(16)22-7-5-6-20(30)25(22)31)24-18-9-8-17(29)14-19(18)26(34-38(37)27(2,3)4)28(24)10-12-32-13-11-28/h5-9,14-15,24,26,32,34H,10-13H2,1-4H3/t24-,26?,38-/m1/s1. The van der Waals surface area contributed by atoms with Crippen LogP contribution in [-0.4, -0.2) is 31.9 Å². The number of piperidine rings is 1. The number of aryl methyl sites for hydroxylation is 1. The maximum absolute atomic E-state index is 13.6. The summed E-state index contributed by atoms with van der Waals surface area (Å²) in [4.78, 5) is 18.7. The van der Waals surface area contributed by atoms with Crippen molar-refractivity contribution in [2.75, 3.05) is 13.1 Å². The van der Waals surface area contributed by atoms with Crippen LogP contribution in [0, 0.1) is 12.3 Å². The molecule has 202 valence electrons. The molecule has 2 N–H and O–H groups in total. The van der Waals surface area contributed by atoms with Crippen molar-refractivity contribution in [2.24, 2.45) is 5.41 Å². The van der Waals surface area contributed by atoms with Crippen molar-refractivity contribution in [1.82, 2.24) is 19.6 Å². The van der Waals surface area contributed by atoms with Gasteiger partial charge in [-0.15, -0.1) is 4.72 Å². The average Bonchev–Trinajstić information content (AvgIpc) is 3.09. The van der Waals surface area contributed by atoms with Crippen LogP contribution in [0.2, 0.25) is 10.0 Å². The van der Waals surface area contributed by atoms with Crippen molar-refractivity contribution < 1.29 is 4.55 Å². The van der Waals surface area contributed by atoms with Gasteiger partial charge < -0.3 is 9.87 Å². The summed E-state index contributed by atoms with van der Waals surface area (Å²) in [6, 6.07) is 13.0. The lowest BCUT2D eigenvalue weighted by Gasteiger charge is -2.44. The second kappa shape index (κ2) is 10.5. The number of rotatable bonds is 4. The third kappa shape index (κ3) is 4.87. The highest BCUT2D eigenvalue weighted by atomic mass is 79.9. The van der Waals surface area contributed by atoms with Crippen LogP contribution in [0.1, 0.15) is 68.2 Å². The van der Waals surface area contributed by atoms with Crippen LogP contribution in [0.5, 0.6) is 0 Å². The quantitative estimate of drug-likeness (QED) is 0.332. The molecule has 2 aliphatic rings. The van der Waals surface area contributed by atoms with Gasteiger partial charge in [0.05, 0.1) is 27.5 Å². The summed E-state index contributed by atoms with van der Waals surface area (Å²) in [5.41, 5.74) is 2.93. The van der Waals surface area contributed by atoms with Gasteiger partial charge >= 0.3 is 0 Å². The van der Waals surface area contributed by atoms with E-state index in [2.05, 4.69) is 38.1 Å². The summed E-state index contributed by atoms with van der Waals surface area (Å²) in [6.07, 6.45) is 1.71. The zero-order chi connectivity index (χ0) is 27.4. The molecule has 1 spiro atoms. The molecule has 1 unspecified atom stereocenters. The second-order valence-corrected chi connectivity index (χ2v) is 14.8. The largest absolute Gasteiger partial charge is 0.598 e. The molecule has 1 aliphatic carbocycles. The van der Waals surface area contributed by atoms with Gasteiger partial charge in [-0.1, -0.05) is 51.3 Å². The number of hydrogen-bond donors (Lipinski definition) is 2. The molecular formula is C28H31BrCl2N4O2S. The summed E-state index contributed by atoms with van der Waals surface area (Å²) in [6.45, 7) is 9.42. The molecule has 1 saturated heterocycles. The number of benzene rings is 2. The Morgan fingerprint density at radius 1 is 1.16 bits per heavy atom. The highest BCUT2D eigenvalue weighted by Crippen LogP contribution is 2.61. The van der Waals surface area contributed by atoms with E-state index in [0.29, 0.717) is 21.6 Å². The summed E-state index contributed by atoms with van der Waals surface area (Å²) in [5, 5.41) is 4.18. The van der Waals surface area contributed by atoms with E-state index < -0.39 is 16.1 Å². The molecule has 38 heavy (non-hydrogen) atoms. The van der Waals surface area contributed by atoms with Crippen LogP contribution in [0.15, 0.2) is 51.7 Å². The predicted octanol–water partition coefficient (Wildman–Crippen LogP) is 6.22. The first-order valence-electron chi connectivity index (χ1n) is 12.7. The van der Waals surface area contributed by atoms with Crippen molar-refractivity contribution in [2.45, 2.75) is 57.2 Å². The molecule has 6 nitrogen and oxygen atoms in total. The van der Waals surface area contributed by atoms with Gasteiger partial charge in [-0.05, 0) is 89.0 Å². The van der Waals surface area contributed by atoms with E-state index in [1.54, 1.807) is 24.3 Å². The topological polar surface area (TPSA) is 82.0 Å². The van der Waals surface area contributed by atoms with Gasteiger partial charge in [0, 0.05) is 33.2 Å². The van der Waals surface area contributed by atoms with Crippen molar-refractivity contribution in [3.05, 3.63) is 90.0 Å². The lowest BCUT2D eigenvalue weighted by atomic mass is 9.66. The lowest BCUT2D eigenvalue weighted by Crippen LogP contribution is -2.50. The minimum Gasteiger partial charge on any atom is -0.598 e. The van der Waals surface area contributed by atoms with E-state index in [1.807, 2.05) is 33.8 Å². The maximum Gasteiger partial charge on any atom is 0.258 e. The molecule has 0 saturated carbocycles. The molecule has 0 radical (unpaired) electrons. The van der Waals surface area contributed by atoms with E-state index in [-0.39, 0.29) is 22.9 Å². The van der Waals surface area contributed by atoms with Gasteiger partial charge in [-0.25, -0.2) is 4.98 Å². The lowest BCUT2D eigenvalue weighted by molar-refractivity contribution is 0.139. The highest BCUT2D eigenvalue weighted by Gasteiger charge is 2.56. The van der Waals surface area contributed by atoms with Crippen LogP contribution in [0.25, 0.3) is 5.69 Å². The van der Waals surface area contributed by atoms with Gasteiger partial charge in [-0.3, -0.25) is 9.36 Å². The Bertz CT molecular complexity index is 1440. The number of aromatic nitrogens is 2. The molecule has 5 rings (SSSR count). The minimum atomic E-state index is -1.28. The molecule has 2 aromatic carbocycles. The molecule has 1 fully saturated rings. The third-order valence-corrected chi connectivity index (χ3v) is 10.6. The summed E-state index contributed by atoms with van der Waals surface area (Å²) < 4.78 is 19.0. The Labute approximate surface area is 245 Å². The van der Waals surface area contributed by atoms with Gasteiger partial charge in [0.15, 0.2) is 0 Å². The van der Waals surface area contributed by atoms with E-state index >= 15 is 0 Å². The van der Waals surface area contributed by atoms with Crippen molar-refractivity contribution in [1.29, 1.82) is 0 Å². The number of nitrogens with one attached hydrogen (secondary N) is 2. The monoisotopic (exact) mass is 636 g/mol. The smallest absolute Gasteiger partial charge is 0.258 e. The molecule has 3 aromatic rings. The third-order valence-electron chi connectivity index (χ3n) is 7.71. The molecule has 1 aromatic heterocycles. The van der Waals surface area contributed by atoms with E-state index in [1.165, 1.54) is 4.57 Å². The fourth-order valence-corrected chi connectivity index (χ4v) is 7.65. The highest BCUT2D eigenvalue weighted by molar-refractivity contribution is 9.10. The summed E-state index contributed by atoms with van der Waals surface area (Å²) >= 11 is 15.1. The number of halogens is 3. The summed E-state index contributed by atoms with van der Waals surface area (Å²) in [5.74, 6) is 0.396. The van der Waals surface area contributed by atoms with Gasteiger partial charge in [0.2, 0.25) is 0 Å². The zero-order valence-electron chi connectivity index (χ0n) is 21.8. The van der Waals surface area contributed by atoms with Crippen LogP contribution in [0.4, 0.5) is 0 Å². The Morgan fingerprint density at radius 3 is 2.53 bits per heavy atom. The van der Waals surface area contributed by atoms with Crippen molar-refractivity contribution in [3.8, 4) is 5.69 Å². The normalized spacial score (nSPS) is 21.5. The first kappa shape index (κ1) is 28.1. The molecule has 0 amide bonds. The zero-order valence-corrected chi connectivity index (χ0v) is 25.7. The number of fused-ring (bicyclic) bond motifs is 1. The maximum atomic E-state index is 13.6. The molecule has 0 bridgehead atoms. The SMILES string of the molecule is Cc1nc([C@H]2c3ccc(Br)cc3C(N[S@+]([O-])C(C)(C)C)C23CCNCC3)cc(=O)n1-c1cccc(Cl)c1Cl. The Morgan fingerprint density at radius 2 is 1.87 bits per heavy atom. The number of hydrogen-bond acceptors (Lipinski definition) is 5. The first-order chi connectivity index (χ1) is 17.9. The Balaban J connectivity index is 1.69. The van der Waals surface area contributed by atoms with Gasteiger partial charge in [0.25, 0.3) is 5.56 Å². The molecule has 2 heterocycles. The van der Waals surface area contributed by atoms with Gasteiger partial charge in [-0.2, -0.15) is 0 Å². The van der Waals surface area contributed by atoms with Crippen molar-refractivity contribution >= 4 is 50.5 Å². The van der Waals surface area contributed by atoms with Crippen molar-refractivity contribution in [3.63, 3.8) is 0 Å². The fraction of sp³-hybridized carbons (Fsp3) is 0.429. The second-order valence-electron chi connectivity index (χ2n) is 11.1. The molecule has 1 aliphatic heterocycles. The van der Waals surface area contributed by atoms with E-state index in [0.717, 1.165) is 47.2 Å².